The molecule has 2 aromatic carbocycles. The third-order valence-corrected chi connectivity index (χ3v) is 4.00. The molecular formula is C19H18FNO3. The van der Waals surface area contributed by atoms with Crippen LogP contribution in [0.25, 0.3) is 11.0 Å². The molecule has 4 nitrogen and oxygen atoms in total. The number of hydrogen-bond acceptors (Lipinski definition) is 3. The van der Waals surface area contributed by atoms with E-state index in [0.29, 0.717) is 16.9 Å². The van der Waals surface area contributed by atoms with Gasteiger partial charge in [-0.3, -0.25) is 4.79 Å². The van der Waals surface area contributed by atoms with Crippen LogP contribution < -0.4 is 4.74 Å². The molecule has 0 saturated carbocycles. The fraction of sp³-hybridized carbons (Fsp3) is 0.211. The molecular weight excluding hydrogens is 309 g/mol. The van der Waals surface area contributed by atoms with E-state index in [9.17, 15) is 9.18 Å². The molecule has 0 aliphatic rings. The molecule has 5 heteroatoms. The molecule has 1 heterocycles. The normalized spacial score (nSPS) is 10.8. The second-order valence-electron chi connectivity index (χ2n) is 5.64. The van der Waals surface area contributed by atoms with E-state index in [4.69, 9.17) is 9.15 Å². The summed E-state index contributed by atoms with van der Waals surface area (Å²) < 4.78 is 24.4. The van der Waals surface area contributed by atoms with Crippen LogP contribution in [0.1, 0.15) is 11.1 Å². The van der Waals surface area contributed by atoms with E-state index in [1.165, 1.54) is 11.0 Å². The summed E-state index contributed by atoms with van der Waals surface area (Å²) in [6.45, 7) is 0.231. The molecule has 0 atom stereocenters. The topological polar surface area (TPSA) is 42.7 Å². The second kappa shape index (κ2) is 6.74. The standard InChI is InChI=1S/C19H18FNO3/c1-21(11-13-5-3-4-6-17(13)20)19(22)9-14-12-24-18-10-15(23-2)7-8-16(14)18/h3-8,10,12H,9,11H2,1-2H3. The number of methoxy groups -OCH3 is 1. The quantitative estimate of drug-likeness (QED) is 0.716. The number of nitrogens with zero attached hydrogens (tertiary/aromatic N) is 1. The smallest absolute Gasteiger partial charge is 0.227 e. The van der Waals surface area contributed by atoms with Crippen molar-refractivity contribution in [3.05, 3.63) is 65.7 Å². The lowest BCUT2D eigenvalue weighted by Crippen LogP contribution is -2.28. The van der Waals surface area contributed by atoms with Crippen molar-refractivity contribution in [3.8, 4) is 5.75 Å². The SMILES string of the molecule is COc1ccc2c(CC(=O)N(C)Cc3ccccc3F)coc2c1. The summed E-state index contributed by atoms with van der Waals surface area (Å²) in [4.78, 5) is 13.9. The highest BCUT2D eigenvalue weighted by molar-refractivity contribution is 5.88. The van der Waals surface area contributed by atoms with Crippen LogP contribution in [0.3, 0.4) is 0 Å². The van der Waals surface area contributed by atoms with E-state index in [1.54, 1.807) is 44.7 Å². The summed E-state index contributed by atoms with van der Waals surface area (Å²) in [5.74, 6) is 0.293. The van der Waals surface area contributed by atoms with Crippen LogP contribution in [0.5, 0.6) is 5.75 Å². The van der Waals surface area contributed by atoms with Crippen LogP contribution in [0.4, 0.5) is 4.39 Å². The molecule has 0 bridgehead atoms. The number of halogens is 1. The summed E-state index contributed by atoms with van der Waals surface area (Å²) in [7, 11) is 3.26. The highest BCUT2D eigenvalue weighted by Crippen LogP contribution is 2.26. The van der Waals surface area contributed by atoms with Crippen molar-refractivity contribution in [3.63, 3.8) is 0 Å². The fourth-order valence-corrected chi connectivity index (χ4v) is 2.60. The molecule has 1 aromatic heterocycles. The molecule has 0 spiro atoms. The number of ether oxygens (including phenoxy) is 1. The van der Waals surface area contributed by atoms with E-state index in [1.807, 2.05) is 12.1 Å². The van der Waals surface area contributed by atoms with Gasteiger partial charge in [-0.05, 0) is 18.2 Å². The van der Waals surface area contributed by atoms with Crippen molar-refractivity contribution in [2.75, 3.05) is 14.2 Å². The van der Waals surface area contributed by atoms with E-state index in [0.717, 1.165) is 10.9 Å². The number of carbonyl (C=O) groups excluding carboxylic acids is 1. The predicted octanol–water partition coefficient (Wildman–Crippen LogP) is 3.78. The molecule has 124 valence electrons. The minimum absolute atomic E-state index is 0.100. The van der Waals surface area contributed by atoms with E-state index in [-0.39, 0.29) is 24.7 Å². The van der Waals surface area contributed by atoms with E-state index >= 15 is 0 Å². The molecule has 24 heavy (non-hydrogen) atoms. The van der Waals surface area contributed by atoms with Crippen molar-refractivity contribution in [2.45, 2.75) is 13.0 Å². The zero-order chi connectivity index (χ0) is 17.1. The van der Waals surface area contributed by atoms with Gasteiger partial charge in [-0.2, -0.15) is 0 Å². The van der Waals surface area contributed by atoms with Gasteiger partial charge >= 0.3 is 0 Å². The maximum Gasteiger partial charge on any atom is 0.227 e. The number of benzene rings is 2. The first-order valence-electron chi connectivity index (χ1n) is 7.60. The van der Waals surface area contributed by atoms with Crippen LogP contribution in [-0.4, -0.2) is 25.0 Å². The van der Waals surface area contributed by atoms with Gasteiger partial charge in [0.1, 0.15) is 17.1 Å². The van der Waals surface area contributed by atoms with E-state index in [2.05, 4.69) is 0 Å². The molecule has 0 saturated heterocycles. The Morgan fingerprint density at radius 2 is 2.00 bits per heavy atom. The highest BCUT2D eigenvalue weighted by Gasteiger charge is 2.15. The molecule has 0 fully saturated rings. The largest absolute Gasteiger partial charge is 0.497 e. The Kier molecular flexibility index (Phi) is 4.51. The van der Waals surface area contributed by atoms with Crippen LogP contribution in [-0.2, 0) is 17.8 Å². The van der Waals surface area contributed by atoms with Crippen molar-refractivity contribution < 1.29 is 18.3 Å². The molecule has 3 rings (SSSR count). The van der Waals surface area contributed by atoms with Gasteiger partial charge in [-0.1, -0.05) is 18.2 Å². The summed E-state index contributed by atoms with van der Waals surface area (Å²) in [5.41, 5.74) is 1.97. The van der Waals surface area contributed by atoms with E-state index < -0.39 is 0 Å². The van der Waals surface area contributed by atoms with Gasteiger partial charge in [0.05, 0.1) is 19.8 Å². The number of carbonyl (C=O) groups is 1. The lowest BCUT2D eigenvalue weighted by Gasteiger charge is -2.17. The first-order chi connectivity index (χ1) is 11.6. The van der Waals surface area contributed by atoms with Crippen molar-refractivity contribution in [1.82, 2.24) is 4.90 Å². The monoisotopic (exact) mass is 327 g/mol. The summed E-state index contributed by atoms with van der Waals surface area (Å²) in [5, 5.41) is 0.878. The van der Waals surface area contributed by atoms with Crippen molar-refractivity contribution in [1.29, 1.82) is 0 Å². The Hall–Kier alpha value is -2.82. The minimum atomic E-state index is -0.307. The first-order valence-corrected chi connectivity index (χ1v) is 7.60. The molecule has 1 amide bonds. The van der Waals surface area contributed by atoms with Gasteiger partial charge in [0.15, 0.2) is 0 Å². The van der Waals surface area contributed by atoms with Gasteiger partial charge in [0.25, 0.3) is 0 Å². The molecule has 3 aromatic rings. The molecule has 0 aliphatic carbocycles. The Morgan fingerprint density at radius 1 is 1.21 bits per heavy atom. The molecule has 0 aliphatic heterocycles. The maximum absolute atomic E-state index is 13.7. The number of amides is 1. The molecule has 0 N–H and O–H groups in total. The predicted molar refractivity (Wildman–Crippen MR) is 89.3 cm³/mol. The number of fused-ring (bicyclic) bond motifs is 1. The zero-order valence-electron chi connectivity index (χ0n) is 13.6. The van der Waals surface area contributed by atoms with Crippen LogP contribution in [0.2, 0.25) is 0 Å². The van der Waals surface area contributed by atoms with Gasteiger partial charge in [-0.15, -0.1) is 0 Å². The summed E-state index contributed by atoms with van der Waals surface area (Å²) in [6.07, 6.45) is 1.78. The minimum Gasteiger partial charge on any atom is -0.497 e. The fourth-order valence-electron chi connectivity index (χ4n) is 2.60. The molecule has 0 radical (unpaired) electrons. The Labute approximate surface area is 139 Å². The number of hydrogen-bond donors (Lipinski definition) is 0. The number of rotatable bonds is 5. The van der Waals surface area contributed by atoms with Crippen LogP contribution >= 0.6 is 0 Å². The Balaban J connectivity index is 1.73. The lowest BCUT2D eigenvalue weighted by molar-refractivity contribution is -0.129. The van der Waals surface area contributed by atoms with Crippen LogP contribution in [0.15, 0.2) is 53.1 Å². The molecule has 0 unspecified atom stereocenters. The van der Waals surface area contributed by atoms with Crippen molar-refractivity contribution in [2.24, 2.45) is 0 Å². The maximum atomic E-state index is 13.7. The third kappa shape index (κ3) is 3.25. The number of furan rings is 1. The van der Waals surface area contributed by atoms with Crippen molar-refractivity contribution >= 4 is 16.9 Å². The first kappa shape index (κ1) is 16.1. The van der Waals surface area contributed by atoms with Gasteiger partial charge < -0.3 is 14.1 Å². The zero-order valence-corrected chi connectivity index (χ0v) is 13.6. The van der Waals surface area contributed by atoms with Gasteiger partial charge in [0, 0.05) is 36.2 Å². The third-order valence-electron chi connectivity index (χ3n) is 4.00. The van der Waals surface area contributed by atoms with Crippen LogP contribution in [0, 0.1) is 5.82 Å². The summed E-state index contributed by atoms with van der Waals surface area (Å²) in [6, 6.07) is 11.9. The Bertz CT molecular complexity index is 872. The van der Waals surface area contributed by atoms with Gasteiger partial charge in [0.2, 0.25) is 5.91 Å². The Morgan fingerprint density at radius 3 is 2.75 bits per heavy atom. The second-order valence-corrected chi connectivity index (χ2v) is 5.64. The summed E-state index contributed by atoms with van der Waals surface area (Å²) >= 11 is 0. The highest BCUT2D eigenvalue weighted by atomic mass is 19.1. The lowest BCUT2D eigenvalue weighted by atomic mass is 10.1. The average Bonchev–Trinajstić information content (AvgIpc) is 2.98. The van der Waals surface area contributed by atoms with Gasteiger partial charge in [-0.25, -0.2) is 4.39 Å². The number of likely N-dealkylation sites (N-methyl/N-ethyl adjacent to an activating group) is 1. The average molecular weight is 327 g/mol.